The van der Waals surface area contributed by atoms with Crippen LogP contribution in [0.2, 0.25) is 0 Å². The van der Waals surface area contributed by atoms with Crippen LogP contribution in [-0.2, 0) is 14.3 Å². The van der Waals surface area contributed by atoms with Crippen molar-refractivity contribution in [3.63, 3.8) is 0 Å². The third-order valence-corrected chi connectivity index (χ3v) is 6.17. The number of carbonyl (C=O) groups is 3. The number of benzene rings is 2. The number of anilines is 1. The standard InChI is InChI=1S/C30H43N3O4/c1-8-9-10-13-18-33(26(34)20-31-29(36)37-30(5,6)7)27(24-17-16-21(2)23(4)19-24)28(35)32-25-15-12-11-14-22(25)3/h11-12,14-17,19,27H,8-10,13,18,20H2,1-7H3,(H,31,36)(H,32,35). The molecule has 0 heterocycles. The quantitative estimate of drug-likeness (QED) is 0.352. The molecule has 2 aromatic carbocycles. The number of unbranched alkanes of at least 4 members (excludes halogenated alkanes) is 3. The fourth-order valence-corrected chi connectivity index (χ4v) is 3.99. The van der Waals surface area contributed by atoms with Gasteiger partial charge in [-0.2, -0.15) is 0 Å². The zero-order valence-corrected chi connectivity index (χ0v) is 23.4. The largest absolute Gasteiger partial charge is 0.444 e. The average Bonchev–Trinajstić information content (AvgIpc) is 2.82. The van der Waals surface area contributed by atoms with Gasteiger partial charge in [0.25, 0.3) is 5.91 Å². The van der Waals surface area contributed by atoms with Crippen molar-refractivity contribution in [3.05, 3.63) is 64.7 Å². The van der Waals surface area contributed by atoms with E-state index in [0.29, 0.717) is 12.2 Å². The molecule has 2 N–H and O–H groups in total. The van der Waals surface area contributed by atoms with Gasteiger partial charge >= 0.3 is 6.09 Å². The number of rotatable bonds is 11. The summed E-state index contributed by atoms with van der Waals surface area (Å²) >= 11 is 0. The van der Waals surface area contributed by atoms with Crippen LogP contribution in [0.5, 0.6) is 0 Å². The Morgan fingerprint density at radius 1 is 0.919 bits per heavy atom. The number of aryl methyl sites for hydroxylation is 3. The van der Waals surface area contributed by atoms with E-state index in [-0.39, 0.29) is 18.4 Å². The van der Waals surface area contributed by atoms with Crippen LogP contribution in [0.1, 0.15) is 81.7 Å². The van der Waals surface area contributed by atoms with Crippen LogP contribution in [0.15, 0.2) is 42.5 Å². The second-order valence-electron chi connectivity index (χ2n) is 10.6. The second-order valence-corrected chi connectivity index (χ2v) is 10.6. The van der Waals surface area contributed by atoms with Gasteiger partial charge in [-0.05, 0) is 76.3 Å². The summed E-state index contributed by atoms with van der Waals surface area (Å²) in [5.74, 6) is -0.635. The zero-order chi connectivity index (χ0) is 27.6. The highest BCUT2D eigenvalue weighted by Gasteiger charge is 2.32. The zero-order valence-electron chi connectivity index (χ0n) is 23.4. The Kier molecular flexibility index (Phi) is 11.2. The number of alkyl carbamates (subject to hydrolysis) is 1. The smallest absolute Gasteiger partial charge is 0.408 e. The molecule has 3 amide bonds. The van der Waals surface area contributed by atoms with Gasteiger partial charge in [0.05, 0.1) is 0 Å². The minimum absolute atomic E-state index is 0.262. The molecule has 0 spiro atoms. The van der Waals surface area contributed by atoms with Crippen molar-refractivity contribution in [2.24, 2.45) is 0 Å². The SMILES string of the molecule is CCCCCCN(C(=O)CNC(=O)OC(C)(C)C)C(C(=O)Nc1ccccc1C)c1ccc(C)c(C)c1. The summed E-state index contributed by atoms with van der Waals surface area (Å²) < 4.78 is 5.29. The molecule has 0 aromatic heterocycles. The molecule has 0 bridgehead atoms. The molecule has 0 aliphatic heterocycles. The Bertz CT molecular complexity index is 1070. The lowest BCUT2D eigenvalue weighted by atomic mass is 9.98. The van der Waals surface area contributed by atoms with E-state index >= 15 is 0 Å². The first-order chi connectivity index (χ1) is 17.4. The van der Waals surface area contributed by atoms with Gasteiger partial charge in [-0.3, -0.25) is 9.59 Å². The van der Waals surface area contributed by atoms with Crippen molar-refractivity contribution >= 4 is 23.6 Å². The van der Waals surface area contributed by atoms with E-state index in [9.17, 15) is 14.4 Å². The molecule has 1 atom stereocenters. The van der Waals surface area contributed by atoms with Crippen LogP contribution >= 0.6 is 0 Å². The first-order valence-electron chi connectivity index (χ1n) is 13.1. The molecule has 7 nitrogen and oxygen atoms in total. The van der Waals surface area contributed by atoms with E-state index in [2.05, 4.69) is 17.6 Å². The first kappa shape index (κ1) is 29.9. The average molecular weight is 510 g/mol. The summed E-state index contributed by atoms with van der Waals surface area (Å²) in [5.41, 5.74) is 3.83. The predicted molar refractivity (Wildman–Crippen MR) is 149 cm³/mol. The van der Waals surface area contributed by atoms with Crippen molar-refractivity contribution in [3.8, 4) is 0 Å². The van der Waals surface area contributed by atoms with E-state index in [0.717, 1.165) is 47.9 Å². The number of nitrogens with one attached hydrogen (secondary N) is 2. The Hall–Kier alpha value is -3.35. The molecule has 0 aliphatic carbocycles. The molecule has 0 radical (unpaired) electrons. The molecule has 0 saturated carbocycles. The Morgan fingerprint density at radius 3 is 2.24 bits per heavy atom. The molecular weight excluding hydrogens is 466 g/mol. The summed E-state index contributed by atoms with van der Waals surface area (Å²) in [7, 11) is 0. The predicted octanol–water partition coefficient (Wildman–Crippen LogP) is 6.23. The second kappa shape index (κ2) is 13.8. The first-order valence-corrected chi connectivity index (χ1v) is 13.1. The number of para-hydroxylation sites is 1. The van der Waals surface area contributed by atoms with Crippen LogP contribution in [0.3, 0.4) is 0 Å². The molecule has 0 aliphatic rings. The van der Waals surface area contributed by atoms with Crippen molar-refractivity contribution in [1.82, 2.24) is 10.2 Å². The van der Waals surface area contributed by atoms with Crippen LogP contribution in [0, 0.1) is 20.8 Å². The topological polar surface area (TPSA) is 87.7 Å². The van der Waals surface area contributed by atoms with Gasteiger partial charge < -0.3 is 20.3 Å². The number of hydrogen-bond donors (Lipinski definition) is 2. The number of ether oxygens (including phenoxy) is 1. The number of nitrogens with zero attached hydrogens (tertiary/aromatic N) is 1. The van der Waals surface area contributed by atoms with Crippen LogP contribution in [0.4, 0.5) is 10.5 Å². The summed E-state index contributed by atoms with van der Waals surface area (Å²) in [5, 5.41) is 5.59. The van der Waals surface area contributed by atoms with Gasteiger partial charge in [0.15, 0.2) is 0 Å². The minimum Gasteiger partial charge on any atom is -0.444 e. The van der Waals surface area contributed by atoms with E-state index in [1.54, 1.807) is 25.7 Å². The van der Waals surface area contributed by atoms with Gasteiger partial charge in [-0.25, -0.2) is 4.79 Å². The third-order valence-electron chi connectivity index (χ3n) is 6.17. The van der Waals surface area contributed by atoms with Crippen LogP contribution < -0.4 is 10.6 Å². The Morgan fingerprint density at radius 2 is 1.62 bits per heavy atom. The minimum atomic E-state index is -0.853. The van der Waals surface area contributed by atoms with E-state index < -0.39 is 17.7 Å². The van der Waals surface area contributed by atoms with E-state index in [4.69, 9.17) is 4.74 Å². The van der Waals surface area contributed by atoms with Crippen molar-refractivity contribution in [2.75, 3.05) is 18.4 Å². The molecular formula is C30H43N3O4. The van der Waals surface area contributed by atoms with E-state index in [1.165, 1.54) is 0 Å². The molecule has 37 heavy (non-hydrogen) atoms. The fourth-order valence-electron chi connectivity index (χ4n) is 3.99. The van der Waals surface area contributed by atoms with Gasteiger partial charge in [0.2, 0.25) is 5.91 Å². The normalized spacial score (nSPS) is 12.0. The maximum atomic E-state index is 13.8. The highest BCUT2D eigenvalue weighted by molar-refractivity contribution is 5.98. The summed E-state index contributed by atoms with van der Waals surface area (Å²) in [4.78, 5) is 41.2. The maximum absolute atomic E-state index is 13.8. The Labute approximate surface area is 222 Å². The van der Waals surface area contributed by atoms with Gasteiger partial charge in [0.1, 0.15) is 18.2 Å². The lowest BCUT2D eigenvalue weighted by molar-refractivity contribution is -0.138. The number of hydrogen-bond acceptors (Lipinski definition) is 4. The van der Waals surface area contributed by atoms with E-state index in [1.807, 2.05) is 63.2 Å². The van der Waals surface area contributed by atoms with Crippen molar-refractivity contribution in [2.45, 2.75) is 85.8 Å². The lowest BCUT2D eigenvalue weighted by Gasteiger charge is -2.32. The molecule has 0 saturated heterocycles. The fraction of sp³-hybridized carbons (Fsp3) is 0.500. The summed E-state index contributed by atoms with van der Waals surface area (Å²) in [6.45, 7) is 13.5. The lowest BCUT2D eigenvalue weighted by Crippen LogP contribution is -2.47. The van der Waals surface area contributed by atoms with Gasteiger partial charge in [-0.15, -0.1) is 0 Å². The molecule has 1 unspecified atom stereocenters. The summed E-state index contributed by atoms with van der Waals surface area (Å²) in [6, 6.07) is 12.5. The van der Waals surface area contributed by atoms with Crippen molar-refractivity contribution in [1.29, 1.82) is 0 Å². The summed E-state index contributed by atoms with van der Waals surface area (Å²) in [6.07, 6.45) is 3.13. The molecule has 202 valence electrons. The van der Waals surface area contributed by atoms with Crippen LogP contribution in [0.25, 0.3) is 0 Å². The maximum Gasteiger partial charge on any atom is 0.408 e. The monoisotopic (exact) mass is 509 g/mol. The molecule has 0 fully saturated rings. The van der Waals surface area contributed by atoms with Gasteiger partial charge in [-0.1, -0.05) is 62.6 Å². The molecule has 7 heteroatoms. The van der Waals surface area contributed by atoms with Crippen molar-refractivity contribution < 1.29 is 19.1 Å². The van der Waals surface area contributed by atoms with Crippen LogP contribution in [-0.4, -0.2) is 41.5 Å². The van der Waals surface area contributed by atoms with Gasteiger partial charge in [0, 0.05) is 12.2 Å². The highest BCUT2D eigenvalue weighted by atomic mass is 16.6. The molecule has 2 aromatic rings. The Balaban J connectivity index is 2.40. The number of amides is 3. The number of carbonyl (C=O) groups excluding carboxylic acids is 3. The molecule has 2 rings (SSSR count). The highest BCUT2D eigenvalue weighted by Crippen LogP contribution is 2.27. The third kappa shape index (κ3) is 9.56.